The largest absolute Gasteiger partial charge is 0.456 e. The first-order chi connectivity index (χ1) is 11.4. The van der Waals surface area contributed by atoms with Crippen molar-refractivity contribution in [3.05, 3.63) is 36.0 Å². The maximum Gasteiger partial charge on any atom is 0.339 e. The van der Waals surface area contributed by atoms with E-state index in [1.165, 1.54) is 0 Å². The molecule has 0 spiro atoms. The minimum atomic E-state index is -0.534. The van der Waals surface area contributed by atoms with Crippen LogP contribution in [0.3, 0.4) is 0 Å². The normalized spacial score (nSPS) is 18.2. The van der Waals surface area contributed by atoms with E-state index in [1.54, 1.807) is 12.3 Å². The molecule has 0 radical (unpaired) electrons. The summed E-state index contributed by atoms with van der Waals surface area (Å²) in [7, 11) is 0. The molecule has 0 bridgehead atoms. The topological polar surface area (TPSA) is 62.7 Å². The number of aromatic nitrogens is 1. The molecule has 0 aliphatic carbocycles. The van der Waals surface area contributed by atoms with E-state index in [1.807, 2.05) is 39.0 Å². The molecule has 5 heteroatoms. The minimum absolute atomic E-state index is 0.217. The highest BCUT2D eigenvalue weighted by Gasteiger charge is 2.23. The van der Waals surface area contributed by atoms with Gasteiger partial charge in [-0.2, -0.15) is 0 Å². The van der Waals surface area contributed by atoms with E-state index < -0.39 is 5.60 Å². The van der Waals surface area contributed by atoms with Crippen LogP contribution in [0.5, 0.6) is 0 Å². The standard InChI is InChI=1S/C19H24N2O3/c1-19(2,3)24-18(23)15-6-8-20-17-5-4-14(10-16(15)17)21-9-7-13(11-21)12-22/h4-6,8,10,13,22H,7,9,11-12H2,1-3H3/t13-/m0/s1. The maximum atomic E-state index is 12.5. The molecule has 0 saturated carbocycles. The Morgan fingerprint density at radius 2 is 2.17 bits per heavy atom. The van der Waals surface area contributed by atoms with Gasteiger partial charge >= 0.3 is 5.97 Å². The second kappa shape index (κ2) is 6.40. The fraction of sp³-hybridized carbons (Fsp3) is 0.474. The molecule has 1 aromatic heterocycles. The van der Waals surface area contributed by atoms with Crippen molar-refractivity contribution < 1.29 is 14.6 Å². The van der Waals surface area contributed by atoms with E-state index in [4.69, 9.17) is 4.74 Å². The lowest BCUT2D eigenvalue weighted by Crippen LogP contribution is -2.24. The first-order valence-electron chi connectivity index (χ1n) is 8.35. The van der Waals surface area contributed by atoms with Crippen LogP contribution in [0.25, 0.3) is 10.9 Å². The Morgan fingerprint density at radius 1 is 1.38 bits per heavy atom. The highest BCUT2D eigenvalue weighted by atomic mass is 16.6. The number of nitrogens with zero attached hydrogens (tertiary/aromatic N) is 2. The van der Waals surface area contributed by atoms with Crippen LogP contribution >= 0.6 is 0 Å². The van der Waals surface area contributed by atoms with Gasteiger partial charge in [0, 0.05) is 42.9 Å². The summed E-state index contributed by atoms with van der Waals surface area (Å²) in [5.74, 6) is -0.0124. The molecule has 1 fully saturated rings. The smallest absolute Gasteiger partial charge is 0.339 e. The Bertz CT molecular complexity index is 752. The zero-order valence-corrected chi connectivity index (χ0v) is 14.5. The monoisotopic (exact) mass is 328 g/mol. The van der Waals surface area contributed by atoms with Crippen molar-refractivity contribution in [1.82, 2.24) is 4.98 Å². The van der Waals surface area contributed by atoms with Crippen LogP contribution in [0.4, 0.5) is 5.69 Å². The zero-order valence-electron chi connectivity index (χ0n) is 14.5. The third-order valence-corrected chi connectivity index (χ3v) is 4.25. The van der Waals surface area contributed by atoms with E-state index in [0.29, 0.717) is 11.5 Å². The number of ether oxygens (including phenoxy) is 1. The molecule has 24 heavy (non-hydrogen) atoms. The number of aliphatic hydroxyl groups excluding tert-OH is 1. The number of carbonyl (C=O) groups excluding carboxylic acids is 1. The van der Waals surface area contributed by atoms with Gasteiger partial charge in [0.1, 0.15) is 5.60 Å². The molecule has 1 aliphatic rings. The van der Waals surface area contributed by atoms with Gasteiger partial charge in [0.25, 0.3) is 0 Å². The number of fused-ring (bicyclic) bond motifs is 1. The number of aliphatic hydroxyl groups is 1. The lowest BCUT2D eigenvalue weighted by atomic mass is 10.1. The van der Waals surface area contributed by atoms with E-state index in [-0.39, 0.29) is 12.6 Å². The zero-order chi connectivity index (χ0) is 17.3. The van der Waals surface area contributed by atoms with Gasteiger partial charge in [-0.25, -0.2) is 4.79 Å². The molecule has 2 aromatic rings. The molecule has 1 aliphatic heterocycles. The number of hydrogen-bond acceptors (Lipinski definition) is 5. The van der Waals surface area contributed by atoms with Crippen LogP contribution < -0.4 is 4.90 Å². The Hall–Kier alpha value is -2.14. The van der Waals surface area contributed by atoms with Gasteiger partial charge in [0.05, 0.1) is 11.1 Å². The van der Waals surface area contributed by atoms with Gasteiger partial charge in [-0.1, -0.05) is 0 Å². The number of carbonyl (C=O) groups is 1. The number of anilines is 1. The molecule has 1 N–H and O–H groups in total. The molecule has 2 heterocycles. The molecule has 3 rings (SSSR count). The van der Waals surface area contributed by atoms with Gasteiger partial charge in [-0.05, 0) is 51.5 Å². The van der Waals surface area contributed by atoms with Crippen molar-refractivity contribution in [2.45, 2.75) is 32.8 Å². The van der Waals surface area contributed by atoms with Gasteiger partial charge in [-0.3, -0.25) is 4.98 Å². The van der Waals surface area contributed by atoms with Crippen molar-refractivity contribution in [2.24, 2.45) is 5.92 Å². The first kappa shape index (κ1) is 16.7. The molecule has 0 amide bonds. The fourth-order valence-corrected chi connectivity index (χ4v) is 3.06. The van der Waals surface area contributed by atoms with Crippen LogP contribution in [0.1, 0.15) is 37.6 Å². The molecule has 128 valence electrons. The maximum absolute atomic E-state index is 12.5. The summed E-state index contributed by atoms with van der Waals surface area (Å²) in [4.78, 5) is 19.1. The SMILES string of the molecule is CC(C)(C)OC(=O)c1ccnc2ccc(N3CC[C@H](CO)C3)cc12. The summed E-state index contributed by atoms with van der Waals surface area (Å²) in [5, 5.41) is 10.1. The summed E-state index contributed by atoms with van der Waals surface area (Å²) < 4.78 is 5.52. The summed E-state index contributed by atoms with van der Waals surface area (Å²) in [5.41, 5.74) is 1.83. The Morgan fingerprint density at radius 3 is 2.83 bits per heavy atom. The highest BCUT2D eigenvalue weighted by Crippen LogP contribution is 2.28. The number of rotatable bonds is 3. The van der Waals surface area contributed by atoms with Crippen LogP contribution in [0.2, 0.25) is 0 Å². The predicted octanol–water partition coefficient (Wildman–Crippen LogP) is 3.01. The summed E-state index contributed by atoms with van der Waals surface area (Å²) in [6.45, 7) is 7.55. The van der Waals surface area contributed by atoms with Crippen molar-refractivity contribution in [2.75, 3.05) is 24.6 Å². The van der Waals surface area contributed by atoms with E-state index in [9.17, 15) is 9.90 Å². The average molecular weight is 328 g/mol. The van der Waals surface area contributed by atoms with Crippen molar-refractivity contribution in [1.29, 1.82) is 0 Å². The molecule has 1 aromatic carbocycles. The Kier molecular flexibility index (Phi) is 4.45. The third kappa shape index (κ3) is 3.51. The minimum Gasteiger partial charge on any atom is -0.456 e. The molecular weight excluding hydrogens is 304 g/mol. The molecule has 1 saturated heterocycles. The number of pyridine rings is 1. The third-order valence-electron chi connectivity index (χ3n) is 4.25. The molecule has 1 atom stereocenters. The average Bonchev–Trinajstić information content (AvgIpc) is 3.01. The number of benzene rings is 1. The van der Waals surface area contributed by atoms with E-state index >= 15 is 0 Å². The summed E-state index contributed by atoms with van der Waals surface area (Å²) in [6, 6.07) is 7.67. The summed E-state index contributed by atoms with van der Waals surface area (Å²) >= 11 is 0. The van der Waals surface area contributed by atoms with Gasteiger partial charge in [-0.15, -0.1) is 0 Å². The van der Waals surface area contributed by atoms with Crippen molar-refractivity contribution in [3.63, 3.8) is 0 Å². The second-order valence-electron chi connectivity index (χ2n) is 7.35. The van der Waals surface area contributed by atoms with Crippen LogP contribution in [-0.4, -0.2) is 41.4 Å². The quantitative estimate of drug-likeness (QED) is 0.878. The molecule has 5 nitrogen and oxygen atoms in total. The highest BCUT2D eigenvalue weighted by molar-refractivity contribution is 6.04. The second-order valence-corrected chi connectivity index (χ2v) is 7.35. The molecule has 0 unspecified atom stereocenters. The predicted molar refractivity (Wildman–Crippen MR) is 94.3 cm³/mol. The van der Waals surface area contributed by atoms with Gasteiger partial charge < -0.3 is 14.7 Å². The lowest BCUT2D eigenvalue weighted by Gasteiger charge is -2.21. The van der Waals surface area contributed by atoms with Gasteiger partial charge in [0.2, 0.25) is 0 Å². The number of hydrogen-bond donors (Lipinski definition) is 1. The lowest BCUT2D eigenvalue weighted by molar-refractivity contribution is 0.00718. The van der Waals surface area contributed by atoms with Crippen LogP contribution in [-0.2, 0) is 4.74 Å². The first-order valence-corrected chi connectivity index (χ1v) is 8.35. The van der Waals surface area contributed by atoms with Crippen molar-refractivity contribution in [3.8, 4) is 0 Å². The van der Waals surface area contributed by atoms with Crippen LogP contribution in [0, 0.1) is 5.92 Å². The van der Waals surface area contributed by atoms with Crippen molar-refractivity contribution >= 4 is 22.6 Å². The fourth-order valence-electron chi connectivity index (χ4n) is 3.06. The van der Waals surface area contributed by atoms with Gasteiger partial charge in [0.15, 0.2) is 0 Å². The Balaban J connectivity index is 1.96. The summed E-state index contributed by atoms with van der Waals surface area (Å²) in [6.07, 6.45) is 2.62. The Labute approximate surface area is 142 Å². The van der Waals surface area contributed by atoms with E-state index in [0.717, 1.165) is 36.1 Å². The molecular formula is C19H24N2O3. The van der Waals surface area contributed by atoms with E-state index in [2.05, 4.69) is 9.88 Å². The van der Waals surface area contributed by atoms with Crippen LogP contribution in [0.15, 0.2) is 30.5 Å². The number of esters is 1.